The number of sulfone groups is 1. The molecule has 1 N–H and O–H groups in total. The van der Waals surface area contributed by atoms with Gasteiger partial charge in [0, 0.05) is 5.69 Å². The maximum Gasteiger partial charge on any atom is 0.265 e. The molecule has 26 heavy (non-hydrogen) atoms. The molecule has 0 fully saturated rings. The molecular formula is C20H19NO3S2. The molecule has 2 aromatic carbocycles. The van der Waals surface area contributed by atoms with E-state index in [-0.39, 0.29) is 15.0 Å². The number of benzene rings is 2. The number of carbonyl (C=O) groups excluding carboxylic acids is 1. The lowest BCUT2D eigenvalue weighted by Gasteiger charge is -2.09. The number of rotatable bonds is 4. The number of hydrogen-bond acceptors (Lipinski definition) is 4. The normalized spacial score (nSPS) is 11.3. The molecule has 1 heterocycles. The predicted octanol–water partition coefficient (Wildman–Crippen LogP) is 4.76. The summed E-state index contributed by atoms with van der Waals surface area (Å²) in [5.41, 5.74) is 3.79. The molecule has 0 aliphatic carbocycles. The van der Waals surface area contributed by atoms with Crippen molar-refractivity contribution in [1.82, 2.24) is 0 Å². The average Bonchev–Trinajstić information content (AvgIpc) is 3.10. The number of carbonyl (C=O) groups is 1. The first-order valence-electron chi connectivity index (χ1n) is 8.08. The highest BCUT2D eigenvalue weighted by molar-refractivity contribution is 7.93. The van der Waals surface area contributed by atoms with E-state index in [0.29, 0.717) is 4.88 Å². The third kappa shape index (κ3) is 3.57. The second-order valence-corrected chi connectivity index (χ2v) is 9.40. The van der Waals surface area contributed by atoms with Gasteiger partial charge in [-0.3, -0.25) is 4.79 Å². The first kappa shape index (κ1) is 18.4. The van der Waals surface area contributed by atoms with Gasteiger partial charge in [0.05, 0.1) is 9.77 Å². The molecule has 1 amide bonds. The van der Waals surface area contributed by atoms with Crippen LogP contribution in [0.25, 0.3) is 0 Å². The van der Waals surface area contributed by atoms with Crippen molar-refractivity contribution in [3.8, 4) is 0 Å². The summed E-state index contributed by atoms with van der Waals surface area (Å²) in [4.78, 5) is 13.1. The van der Waals surface area contributed by atoms with Crippen LogP contribution in [0.4, 0.5) is 5.69 Å². The number of anilines is 1. The maximum absolute atomic E-state index is 12.7. The molecule has 4 nitrogen and oxygen atoms in total. The number of aryl methyl sites for hydroxylation is 2. The lowest BCUT2D eigenvalue weighted by atomic mass is 10.1. The maximum atomic E-state index is 12.7. The van der Waals surface area contributed by atoms with Crippen LogP contribution in [0.5, 0.6) is 0 Å². The molecule has 3 rings (SSSR count). The van der Waals surface area contributed by atoms with Crippen LogP contribution in [0.3, 0.4) is 0 Å². The Balaban J connectivity index is 1.86. The third-order valence-corrected chi connectivity index (χ3v) is 7.60. The molecule has 0 aliphatic rings. The van der Waals surface area contributed by atoms with Gasteiger partial charge in [-0.15, -0.1) is 11.3 Å². The average molecular weight is 386 g/mol. The van der Waals surface area contributed by atoms with Gasteiger partial charge in [0.25, 0.3) is 5.91 Å². The van der Waals surface area contributed by atoms with Gasteiger partial charge in [0.2, 0.25) is 9.84 Å². The van der Waals surface area contributed by atoms with Gasteiger partial charge in [-0.1, -0.05) is 29.8 Å². The number of hydrogen-bond donors (Lipinski definition) is 1. The van der Waals surface area contributed by atoms with E-state index in [9.17, 15) is 13.2 Å². The quantitative estimate of drug-likeness (QED) is 0.704. The fourth-order valence-electron chi connectivity index (χ4n) is 2.49. The van der Waals surface area contributed by atoms with E-state index in [1.807, 2.05) is 39.0 Å². The lowest BCUT2D eigenvalue weighted by Crippen LogP contribution is -2.11. The predicted molar refractivity (Wildman–Crippen MR) is 105 cm³/mol. The summed E-state index contributed by atoms with van der Waals surface area (Å²) in [5.74, 6) is -0.311. The summed E-state index contributed by atoms with van der Waals surface area (Å²) >= 11 is 0.976. The number of thiophene rings is 1. The fraction of sp³-hybridized carbons (Fsp3) is 0.150. The van der Waals surface area contributed by atoms with E-state index in [4.69, 9.17) is 0 Å². The van der Waals surface area contributed by atoms with E-state index in [1.54, 1.807) is 30.3 Å². The SMILES string of the molecule is Cc1ccc(S(=O)(=O)c2ccc(C(=O)Nc3cccc(C)c3C)s2)cc1. The summed E-state index contributed by atoms with van der Waals surface area (Å²) in [7, 11) is -3.62. The molecule has 0 spiro atoms. The van der Waals surface area contributed by atoms with Gasteiger partial charge >= 0.3 is 0 Å². The Morgan fingerprint density at radius 1 is 0.923 bits per heavy atom. The van der Waals surface area contributed by atoms with Gasteiger partial charge in [-0.05, 0) is 62.2 Å². The minimum Gasteiger partial charge on any atom is -0.321 e. The highest BCUT2D eigenvalue weighted by Crippen LogP contribution is 2.29. The van der Waals surface area contributed by atoms with Crippen molar-refractivity contribution in [2.75, 3.05) is 5.32 Å². The molecule has 1 aromatic heterocycles. The van der Waals surface area contributed by atoms with Crippen molar-refractivity contribution in [1.29, 1.82) is 0 Å². The van der Waals surface area contributed by atoms with Crippen molar-refractivity contribution >= 4 is 32.8 Å². The fourth-order valence-corrected chi connectivity index (χ4v) is 5.09. The monoisotopic (exact) mass is 385 g/mol. The molecular weight excluding hydrogens is 366 g/mol. The van der Waals surface area contributed by atoms with Gasteiger partial charge in [0.15, 0.2) is 0 Å². The van der Waals surface area contributed by atoms with Crippen LogP contribution in [-0.4, -0.2) is 14.3 Å². The Labute approximate surface area is 157 Å². The minimum atomic E-state index is -3.62. The van der Waals surface area contributed by atoms with Gasteiger partial charge < -0.3 is 5.32 Å². The molecule has 3 aromatic rings. The van der Waals surface area contributed by atoms with Gasteiger partial charge in [-0.2, -0.15) is 0 Å². The smallest absolute Gasteiger partial charge is 0.265 e. The Bertz CT molecular complexity index is 1060. The molecule has 0 atom stereocenters. The van der Waals surface area contributed by atoms with E-state index in [2.05, 4.69) is 5.32 Å². The van der Waals surface area contributed by atoms with Crippen molar-refractivity contribution in [3.05, 3.63) is 76.2 Å². The van der Waals surface area contributed by atoms with Crippen LogP contribution < -0.4 is 5.32 Å². The van der Waals surface area contributed by atoms with Crippen molar-refractivity contribution in [2.24, 2.45) is 0 Å². The van der Waals surface area contributed by atoms with E-state index < -0.39 is 9.84 Å². The molecule has 6 heteroatoms. The molecule has 0 saturated carbocycles. The Morgan fingerprint density at radius 2 is 1.62 bits per heavy atom. The van der Waals surface area contributed by atoms with E-state index in [0.717, 1.165) is 33.7 Å². The zero-order valence-corrected chi connectivity index (χ0v) is 16.4. The van der Waals surface area contributed by atoms with Crippen molar-refractivity contribution < 1.29 is 13.2 Å². The van der Waals surface area contributed by atoms with Crippen LogP contribution in [0.15, 0.2) is 63.7 Å². The van der Waals surface area contributed by atoms with E-state index in [1.165, 1.54) is 6.07 Å². The molecule has 0 aliphatic heterocycles. The lowest BCUT2D eigenvalue weighted by molar-refractivity contribution is 0.103. The van der Waals surface area contributed by atoms with Crippen LogP contribution in [0.2, 0.25) is 0 Å². The highest BCUT2D eigenvalue weighted by atomic mass is 32.2. The first-order chi connectivity index (χ1) is 12.3. The standard InChI is InChI=1S/C20H19NO3S2/c1-13-7-9-16(10-8-13)26(23,24)19-12-11-18(25-19)20(22)21-17-6-4-5-14(2)15(17)3/h4-12H,1-3H3,(H,21,22). The zero-order valence-electron chi connectivity index (χ0n) is 14.7. The first-order valence-corrected chi connectivity index (χ1v) is 10.4. The zero-order chi connectivity index (χ0) is 18.9. The second-order valence-electron chi connectivity index (χ2n) is 6.14. The molecule has 0 unspecified atom stereocenters. The summed E-state index contributed by atoms with van der Waals surface area (Å²) in [6.45, 7) is 5.81. The van der Waals surface area contributed by atoms with E-state index >= 15 is 0 Å². The summed E-state index contributed by atoms with van der Waals surface area (Å²) in [5, 5.41) is 2.86. The van der Waals surface area contributed by atoms with Crippen molar-refractivity contribution in [2.45, 2.75) is 29.9 Å². The van der Waals surface area contributed by atoms with Crippen LogP contribution in [0, 0.1) is 20.8 Å². The minimum absolute atomic E-state index is 0.160. The van der Waals surface area contributed by atoms with Crippen LogP contribution in [0.1, 0.15) is 26.4 Å². The molecule has 134 valence electrons. The largest absolute Gasteiger partial charge is 0.321 e. The third-order valence-electron chi connectivity index (χ3n) is 4.25. The highest BCUT2D eigenvalue weighted by Gasteiger charge is 2.22. The topological polar surface area (TPSA) is 63.2 Å². The molecule has 0 bridgehead atoms. The summed E-state index contributed by atoms with van der Waals surface area (Å²) in [6, 6.07) is 15.4. The van der Waals surface area contributed by atoms with Crippen LogP contribution >= 0.6 is 11.3 Å². The van der Waals surface area contributed by atoms with Crippen LogP contribution in [-0.2, 0) is 9.84 Å². The molecule has 0 radical (unpaired) electrons. The van der Waals surface area contributed by atoms with Gasteiger partial charge in [0.1, 0.15) is 4.21 Å². The van der Waals surface area contributed by atoms with Crippen molar-refractivity contribution in [3.63, 3.8) is 0 Å². The summed E-state index contributed by atoms with van der Waals surface area (Å²) < 4.78 is 25.6. The Hall–Kier alpha value is -2.44. The van der Waals surface area contributed by atoms with Gasteiger partial charge in [-0.25, -0.2) is 8.42 Å². The Kier molecular flexibility index (Phi) is 4.98. The molecule has 0 saturated heterocycles. The number of nitrogens with one attached hydrogen (secondary N) is 1. The number of amides is 1. The Morgan fingerprint density at radius 3 is 2.31 bits per heavy atom. The summed E-state index contributed by atoms with van der Waals surface area (Å²) in [6.07, 6.45) is 0. The second kappa shape index (κ2) is 7.05.